The highest BCUT2D eigenvalue weighted by atomic mass is 16.6. The largest absolute Gasteiger partial charge is 0.458 e. The number of amides is 2. The van der Waals surface area contributed by atoms with E-state index in [1.54, 1.807) is 4.90 Å². The molecule has 6 rings (SSSR count). The monoisotopic (exact) mass is 566 g/mol. The van der Waals surface area contributed by atoms with Crippen molar-refractivity contribution in [3.63, 3.8) is 0 Å². The first-order chi connectivity index (χ1) is 20.2. The van der Waals surface area contributed by atoms with Gasteiger partial charge in [-0.3, -0.25) is 4.79 Å². The maximum Gasteiger partial charge on any atom is 0.408 e. The molecule has 1 N–H and O–H groups in total. The summed E-state index contributed by atoms with van der Waals surface area (Å²) in [5, 5.41) is 3.02. The Kier molecular flexibility index (Phi) is 7.29. The number of nitrogens with one attached hydrogen (secondary N) is 1. The summed E-state index contributed by atoms with van der Waals surface area (Å²) >= 11 is 0. The summed E-state index contributed by atoms with van der Waals surface area (Å²) in [6.07, 6.45) is 2.11. The summed E-state index contributed by atoms with van der Waals surface area (Å²) in [5.74, 6) is -0.728. The minimum atomic E-state index is -1.23. The first-order valence-electron chi connectivity index (χ1n) is 14.9. The van der Waals surface area contributed by atoms with Crippen LogP contribution in [-0.4, -0.2) is 52.7 Å². The molecule has 0 radical (unpaired) electrons. The first-order valence-corrected chi connectivity index (χ1v) is 14.9. The highest BCUT2D eigenvalue weighted by molar-refractivity contribution is 5.95. The van der Waals surface area contributed by atoms with Gasteiger partial charge in [0.05, 0.1) is 0 Å². The minimum Gasteiger partial charge on any atom is -0.458 e. The van der Waals surface area contributed by atoms with E-state index in [4.69, 9.17) is 9.47 Å². The summed E-state index contributed by atoms with van der Waals surface area (Å²) < 4.78 is 11.6. The third kappa shape index (κ3) is 5.28. The van der Waals surface area contributed by atoms with Crippen LogP contribution in [0.3, 0.4) is 0 Å². The van der Waals surface area contributed by atoms with Crippen LogP contribution in [0.5, 0.6) is 0 Å². The number of hydrogen-bond acceptors (Lipinski definition) is 5. The quantitative estimate of drug-likeness (QED) is 0.370. The summed E-state index contributed by atoms with van der Waals surface area (Å²) in [6.45, 7) is 5.64. The average molecular weight is 567 g/mol. The molecule has 0 aromatic heterocycles. The number of benzene rings is 3. The first kappa shape index (κ1) is 28.0. The number of fused-ring (bicyclic) bond motifs is 4. The molecule has 3 atom stereocenters. The fraction of sp³-hybridized carbons (Fsp3) is 0.400. The van der Waals surface area contributed by atoms with E-state index in [0.29, 0.717) is 25.7 Å². The van der Waals surface area contributed by atoms with E-state index in [0.717, 1.165) is 34.2 Å². The summed E-state index contributed by atoms with van der Waals surface area (Å²) in [5.41, 5.74) is 3.59. The van der Waals surface area contributed by atoms with Gasteiger partial charge >= 0.3 is 12.1 Å². The van der Waals surface area contributed by atoms with Crippen molar-refractivity contribution < 1.29 is 23.9 Å². The normalized spacial score (nSPS) is 23.1. The zero-order valence-electron chi connectivity index (χ0n) is 24.5. The summed E-state index contributed by atoms with van der Waals surface area (Å²) in [4.78, 5) is 42.8. The molecule has 0 spiro atoms. The number of carbonyl (C=O) groups excluding carboxylic acids is 3. The van der Waals surface area contributed by atoms with E-state index >= 15 is 0 Å². The molecule has 3 aromatic carbocycles. The Hall–Kier alpha value is -4.13. The van der Waals surface area contributed by atoms with Crippen molar-refractivity contribution in [2.24, 2.45) is 0 Å². The molecule has 7 heteroatoms. The van der Waals surface area contributed by atoms with Crippen LogP contribution in [-0.2, 0) is 25.5 Å². The zero-order valence-corrected chi connectivity index (χ0v) is 24.5. The van der Waals surface area contributed by atoms with E-state index in [1.807, 2.05) is 75.4 Å². The Balaban J connectivity index is 1.24. The van der Waals surface area contributed by atoms with E-state index in [1.165, 1.54) is 0 Å². The van der Waals surface area contributed by atoms with Crippen LogP contribution < -0.4 is 5.32 Å². The van der Waals surface area contributed by atoms with Gasteiger partial charge in [-0.1, -0.05) is 78.9 Å². The van der Waals surface area contributed by atoms with Crippen LogP contribution in [0.2, 0.25) is 0 Å². The number of hydrogen-bond donors (Lipinski definition) is 1. The predicted molar refractivity (Wildman–Crippen MR) is 160 cm³/mol. The Bertz CT molecular complexity index is 1450. The number of nitrogens with zero attached hydrogens (tertiary/aromatic N) is 1. The third-order valence-electron chi connectivity index (χ3n) is 8.76. The molecular weight excluding hydrogens is 528 g/mol. The zero-order chi connectivity index (χ0) is 29.5. The van der Waals surface area contributed by atoms with Gasteiger partial charge in [-0.2, -0.15) is 0 Å². The fourth-order valence-corrected chi connectivity index (χ4v) is 6.94. The summed E-state index contributed by atoms with van der Waals surface area (Å²) in [6, 6.07) is 25.3. The molecule has 42 heavy (non-hydrogen) atoms. The second-order valence-corrected chi connectivity index (χ2v) is 12.7. The SMILES string of the molecule is CC(C)(C)OC(=O)[C@@H]1CC[C@@H]2CC[C@](Cc3ccccc3)(NC(=O)OCC3c4ccccc4-c4ccccc43)C(=O)N21. The molecule has 3 aromatic rings. The molecule has 1 aliphatic carbocycles. The number of alkyl carbamates (subject to hydrolysis) is 1. The standard InChI is InChI=1S/C35H38N2O5/c1-34(2,3)42-31(38)30-18-17-24-19-20-35(32(39)37(24)30,21-23-11-5-4-6-12-23)36-33(40)41-22-29-27-15-9-7-13-25(27)26-14-8-10-16-28(26)29/h4-16,24,29-30H,17-22H2,1-3H3,(H,36,40)/t24-,30+,35-/m1/s1. The molecular formula is C35H38N2O5. The van der Waals surface area contributed by atoms with Gasteiger partial charge in [-0.25, -0.2) is 9.59 Å². The van der Waals surface area contributed by atoms with Crippen LogP contribution in [0.25, 0.3) is 11.1 Å². The molecule has 2 amide bonds. The van der Waals surface area contributed by atoms with Gasteiger partial charge in [0.15, 0.2) is 0 Å². The second kappa shape index (κ2) is 10.9. The smallest absolute Gasteiger partial charge is 0.408 e. The van der Waals surface area contributed by atoms with Crippen molar-refractivity contribution in [2.45, 2.75) is 82.0 Å². The maximum absolute atomic E-state index is 14.4. The van der Waals surface area contributed by atoms with Crippen molar-refractivity contribution in [1.82, 2.24) is 10.2 Å². The van der Waals surface area contributed by atoms with Gasteiger partial charge in [-0.05, 0) is 74.3 Å². The molecule has 0 saturated carbocycles. The fourth-order valence-electron chi connectivity index (χ4n) is 6.94. The van der Waals surface area contributed by atoms with Crippen molar-refractivity contribution in [3.8, 4) is 11.1 Å². The van der Waals surface area contributed by atoms with Gasteiger partial charge < -0.3 is 19.7 Å². The highest BCUT2D eigenvalue weighted by Gasteiger charge is 2.54. The van der Waals surface area contributed by atoms with Crippen molar-refractivity contribution >= 4 is 18.0 Å². The van der Waals surface area contributed by atoms with Crippen LogP contribution >= 0.6 is 0 Å². The lowest BCUT2D eigenvalue weighted by Gasteiger charge is -2.45. The number of rotatable bonds is 6. The van der Waals surface area contributed by atoms with Crippen LogP contribution in [0, 0.1) is 0 Å². The van der Waals surface area contributed by atoms with E-state index in [9.17, 15) is 14.4 Å². The summed E-state index contributed by atoms with van der Waals surface area (Å²) in [7, 11) is 0. The third-order valence-corrected chi connectivity index (χ3v) is 8.76. The number of esters is 1. The molecule has 2 fully saturated rings. The Labute approximate surface area is 247 Å². The Morgan fingerprint density at radius 2 is 1.50 bits per heavy atom. The van der Waals surface area contributed by atoms with Crippen molar-refractivity contribution in [3.05, 3.63) is 95.6 Å². The van der Waals surface area contributed by atoms with Gasteiger partial charge in [0, 0.05) is 18.4 Å². The highest BCUT2D eigenvalue weighted by Crippen LogP contribution is 2.45. The topological polar surface area (TPSA) is 84.9 Å². The molecule has 2 heterocycles. The van der Waals surface area contributed by atoms with E-state index in [-0.39, 0.29) is 24.5 Å². The lowest BCUT2D eigenvalue weighted by Crippen LogP contribution is -2.67. The van der Waals surface area contributed by atoms with Crippen LogP contribution in [0.15, 0.2) is 78.9 Å². The number of carbonyl (C=O) groups is 3. The lowest BCUT2D eigenvalue weighted by atomic mass is 9.80. The van der Waals surface area contributed by atoms with Crippen LogP contribution in [0.4, 0.5) is 4.79 Å². The Morgan fingerprint density at radius 1 is 0.881 bits per heavy atom. The molecule has 0 bridgehead atoms. The molecule has 0 unspecified atom stereocenters. The van der Waals surface area contributed by atoms with Crippen molar-refractivity contribution in [2.75, 3.05) is 6.61 Å². The van der Waals surface area contributed by atoms with Gasteiger partial charge in [-0.15, -0.1) is 0 Å². The maximum atomic E-state index is 14.4. The lowest BCUT2D eigenvalue weighted by molar-refractivity contribution is -0.167. The Morgan fingerprint density at radius 3 is 2.14 bits per heavy atom. The van der Waals surface area contributed by atoms with Crippen molar-refractivity contribution in [1.29, 1.82) is 0 Å². The predicted octanol–water partition coefficient (Wildman–Crippen LogP) is 6.00. The molecule has 7 nitrogen and oxygen atoms in total. The van der Waals surface area contributed by atoms with Gasteiger partial charge in [0.1, 0.15) is 23.8 Å². The van der Waals surface area contributed by atoms with E-state index in [2.05, 4.69) is 29.6 Å². The average Bonchev–Trinajstić information content (AvgIpc) is 3.54. The van der Waals surface area contributed by atoms with Crippen LogP contribution in [0.1, 0.15) is 69.1 Å². The van der Waals surface area contributed by atoms with Gasteiger partial charge in [0.25, 0.3) is 0 Å². The molecule has 2 saturated heterocycles. The number of ether oxygens (including phenoxy) is 2. The minimum absolute atomic E-state index is 0.0526. The molecule has 218 valence electrons. The second-order valence-electron chi connectivity index (χ2n) is 12.7. The molecule has 2 aliphatic heterocycles. The number of piperidine rings is 1. The molecule has 3 aliphatic rings. The van der Waals surface area contributed by atoms with Gasteiger partial charge in [0.2, 0.25) is 5.91 Å². The van der Waals surface area contributed by atoms with E-state index < -0.39 is 29.2 Å².